The van der Waals surface area contributed by atoms with Gasteiger partial charge in [-0.2, -0.15) is 0 Å². The molecule has 0 radical (unpaired) electrons. The third-order valence-electron chi connectivity index (χ3n) is 4.31. The van der Waals surface area contributed by atoms with E-state index in [0.717, 1.165) is 22.2 Å². The molecule has 0 saturated heterocycles. The van der Waals surface area contributed by atoms with Crippen molar-refractivity contribution in [1.82, 2.24) is 20.1 Å². The number of carbonyl (C=O) groups is 1. The van der Waals surface area contributed by atoms with Gasteiger partial charge in [0.15, 0.2) is 11.0 Å². The third-order valence-corrected chi connectivity index (χ3v) is 5.64. The fourth-order valence-electron chi connectivity index (χ4n) is 2.59. The second-order valence-corrected chi connectivity index (χ2v) is 7.87. The summed E-state index contributed by atoms with van der Waals surface area (Å²) in [5.41, 5.74) is 0.786. The molecule has 1 heterocycles. The molecule has 0 aliphatic rings. The van der Waals surface area contributed by atoms with Crippen LogP contribution < -0.4 is 14.8 Å². The lowest BCUT2D eigenvalue weighted by molar-refractivity contribution is -0.116. The first-order valence-corrected chi connectivity index (χ1v) is 10.9. The molecule has 1 aromatic heterocycles. The van der Waals surface area contributed by atoms with Crippen LogP contribution in [0.25, 0.3) is 6.08 Å². The van der Waals surface area contributed by atoms with E-state index in [-0.39, 0.29) is 12.5 Å². The van der Waals surface area contributed by atoms with E-state index in [1.165, 1.54) is 17.8 Å². The van der Waals surface area contributed by atoms with Gasteiger partial charge in [0, 0.05) is 23.9 Å². The first kappa shape index (κ1) is 22.7. The summed E-state index contributed by atoms with van der Waals surface area (Å²) in [4.78, 5) is 12.1. The number of hydrogen-bond acceptors (Lipinski definition) is 6. The summed E-state index contributed by atoms with van der Waals surface area (Å²) in [5.74, 6) is 2.72. The van der Waals surface area contributed by atoms with Crippen LogP contribution in [0.5, 0.6) is 11.5 Å². The summed E-state index contributed by atoms with van der Waals surface area (Å²) in [7, 11) is 3.50. The maximum atomic E-state index is 12.1. The quantitative estimate of drug-likeness (QED) is 0.281. The molecule has 3 aromatic rings. The summed E-state index contributed by atoms with van der Waals surface area (Å²) in [5, 5.41) is 12.5. The highest BCUT2D eigenvalue weighted by molar-refractivity contribution is 7.99. The highest BCUT2D eigenvalue weighted by Gasteiger charge is 2.10. The molecule has 1 N–H and O–H groups in total. The summed E-state index contributed by atoms with van der Waals surface area (Å²) < 4.78 is 12.7. The predicted molar refractivity (Wildman–Crippen MR) is 123 cm³/mol. The topological polar surface area (TPSA) is 78.3 Å². The van der Waals surface area contributed by atoms with Crippen molar-refractivity contribution in [2.24, 2.45) is 7.05 Å². The monoisotopic (exact) mass is 458 g/mol. The van der Waals surface area contributed by atoms with Crippen LogP contribution in [-0.4, -0.2) is 40.1 Å². The minimum absolute atomic E-state index is 0.231. The van der Waals surface area contributed by atoms with Crippen molar-refractivity contribution in [1.29, 1.82) is 0 Å². The van der Waals surface area contributed by atoms with Crippen molar-refractivity contribution in [2.75, 3.05) is 19.5 Å². The average molecular weight is 459 g/mol. The minimum atomic E-state index is -0.231. The van der Waals surface area contributed by atoms with Crippen molar-refractivity contribution in [3.05, 3.63) is 71.0 Å². The number of aromatic nitrogens is 3. The van der Waals surface area contributed by atoms with E-state index in [4.69, 9.17) is 21.1 Å². The smallest absolute Gasteiger partial charge is 0.244 e. The Hall–Kier alpha value is -2.97. The van der Waals surface area contributed by atoms with Crippen LogP contribution in [0.3, 0.4) is 0 Å². The lowest BCUT2D eigenvalue weighted by Crippen LogP contribution is -2.22. The predicted octanol–water partition coefficient (Wildman–Crippen LogP) is 3.98. The minimum Gasteiger partial charge on any atom is -0.497 e. The first-order valence-electron chi connectivity index (χ1n) is 9.55. The Morgan fingerprint density at radius 2 is 1.90 bits per heavy atom. The fraction of sp³-hybridized carbons (Fsp3) is 0.227. The molecule has 7 nitrogen and oxygen atoms in total. The number of carbonyl (C=O) groups excluding carboxylic acids is 1. The lowest BCUT2D eigenvalue weighted by atomic mass is 10.2. The molecular weight excluding hydrogens is 436 g/mol. The van der Waals surface area contributed by atoms with Crippen molar-refractivity contribution in [3.8, 4) is 11.5 Å². The number of thioether (sulfide) groups is 1. The zero-order chi connectivity index (χ0) is 22.1. The van der Waals surface area contributed by atoms with Crippen molar-refractivity contribution in [3.63, 3.8) is 0 Å². The van der Waals surface area contributed by atoms with Gasteiger partial charge in [-0.25, -0.2) is 0 Å². The van der Waals surface area contributed by atoms with Crippen LogP contribution in [0.4, 0.5) is 0 Å². The Kier molecular flexibility index (Phi) is 8.37. The van der Waals surface area contributed by atoms with Gasteiger partial charge in [0.25, 0.3) is 0 Å². The first-order chi connectivity index (χ1) is 15.1. The van der Waals surface area contributed by atoms with Gasteiger partial charge < -0.3 is 19.4 Å². The van der Waals surface area contributed by atoms with E-state index in [9.17, 15) is 4.79 Å². The van der Waals surface area contributed by atoms with Gasteiger partial charge in [-0.15, -0.1) is 10.2 Å². The van der Waals surface area contributed by atoms with Crippen molar-refractivity contribution < 1.29 is 14.3 Å². The molecule has 0 bridgehead atoms. The van der Waals surface area contributed by atoms with E-state index in [1.807, 2.05) is 54.1 Å². The Bertz CT molecular complexity index is 1040. The maximum absolute atomic E-state index is 12.1. The van der Waals surface area contributed by atoms with E-state index >= 15 is 0 Å². The molecule has 2 aromatic carbocycles. The molecule has 0 unspecified atom stereocenters. The second-order valence-electron chi connectivity index (χ2n) is 6.40. The van der Waals surface area contributed by atoms with Gasteiger partial charge in [-0.05, 0) is 42.0 Å². The van der Waals surface area contributed by atoms with Gasteiger partial charge in [-0.1, -0.05) is 41.6 Å². The number of hydrogen-bond donors (Lipinski definition) is 1. The molecular formula is C22H23ClN4O3S. The fourth-order valence-corrected chi connectivity index (χ4v) is 3.54. The number of benzene rings is 2. The molecule has 0 fully saturated rings. The van der Waals surface area contributed by atoms with Crippen LogP contribution in [0, 0.1) is 0 Å². The Morgan fingerprint density at radius 1 is 1.16 bits per heavy atom. The van der Waals surface area contributed by atoms with Gasteiger partial charge in [0.2, 0.25) is 5.91 Å². The van der Waals surface area contributed by atoms with E-state index in [0.29, 0.717) is 23.2 Å². The molecule has 0 aliphatic carbocycles. The number of nitrogens with zero attached hydrogens (tertiary/aromatic N) is 3. The van der Waals surface area contributed by atoms with Crippen LogP contribution >= 0.6 is 23.4 Å². The molecule has 3 rings (SSSR count). The largest absolute Gasteiger partial charge is 0.497 e. The van der Waals surface area contributed by atoms with Crippen LogP contribution in [-0.2, 0) is 18.4 Å². The lowest BCUT2D eigenvalue weighted by Gasteiger charge is -2.07. The third kappa shape index (κ3) is 6.77. The highest BCUT2D eigenvalue weighted by atomic mass is 35.5. The molecule has 162 valence electrons. The average Bonchev–Trinajstić information content (AvgIpc) is 3.14. The van der Waals surface area contributed by atoms with Crippen molar-refractivity contribution in [2.45, 2.75) is 11.7 Å². The number of nitrogens with one attached hydrogen (secondary N) is 1. The Morgan fingerprint density at radius 3 is 2.65 bits per heavy atom. The molecule has 0 spiro atoms. The number of methoxy groups -OCH3 is 1. The summed E-state index contributed by atoms with van der Waals surface area (Å²) in [6.07, 6.45) is 3.13. The van der Waals surface area contributed by atoms with E-state index in [1.54, 1.807) is 19.3 Å². The van der Waals surface area contributed by atoms with E-state index in [2.05, 4.69) is 15.5 Å². The van der Waals surface area contributed by atoms with Gasteiger partial charge in [0.05, 0.1) is 20.3 Å². The number of amides is 1. The van der Waals surface area contributed by atoms with Crippen LogP contribution in [0.15, 0.2) is 59.8 Å². The van der Waals surface area contributed by atoms with Crippen LogP contribution in [0.2, 0.25) is 5.02 Å². The van der Waals surface area contributed by atoms with E-state index < -0.39 is 0 Å². The summed E-state index contributed by atoms with van der Waals surface area (Å²) >= 11 is 7.62. The molecule has 0 atom stereocenters. The standard InChI is InChI=1S/C22H23ClN4O3S/c1-27-20(15-24-21(28)12-7-16-5-3-4-6-19(16)23)25-26-22(27)31-14-13-30-18-10-8-17(29-2)9-11-18/h3-12H,13-15H2,1-2H3,(H,24,28)/b12-7+. The summed E-state index contributed by atoms with van der Waals surface area (Å²) in [6, 6.07) is 14.8. The van der Waals surface area contributed by atoms with Crippen molar-refractivity contribution >= 4 is 35.3 Å². The normalized spacial score (nSPS) is 10.9. The van der Waals surface area contributed by atoms with Gasteiger partial charge >= 0.3 is 0 Å². The Balaban J connectivity index is 1.43. The molecule has 1 amide bonds. The SMILES string of the molecule is COc1ccc(OCCSc2nnc(CNC(=O)/C=C/c3ccccc3Cl)n2C)cc1. The van der Waals surface area contributed by atoms with Gasteiger partial charge in [-0.3, -0.25) is 4.79 Å². The molecule has 31 heavy (non-hydrogen) atoms. The zero-order valence-corrected chi connectivity index (χ0v) is 18.8. The molecule has 9 heteroatoms. The van der Waals surface area contributed by atoms with Gasteiger partial charge in [0.1, 0.15) is 11.5 Å². The number of ether oxygens (including phenoxy) is 2. The maximum Gasteiger partial charge on any atom is 0.244 e. The zero-order valence-electron chi connectivity index (χ0n) is 17.2. The Labute approximate surface area is 190 Å². The number of halogens is 1. The second kappa shape index (κ2) is 11.4. The number of rotatable bonds is 10. The highest BCUT2D eigenvalue weighted by Crippen LogP contribution is 2.19. The van der Waals surface area contributed by atoms with Crippen LogP contribution in [0.1, 0.15) is 11.4 Å². The molecule has 0 aliphatic heterocycles. The molecule has 0 saturated carbocycles. The summed E-state index contributed by atoms with van der Waals surface area (Å²) in [6.45, 7) is 0.806.